The van der Waals surface area contributed by atoms with Crippen LogP contribution in [0.3, 0.4) is 0 Å². The molecule has 1 unspecified atom stereocenters. The fraction of sp³-hybridized carbons (Fsp3) is 0.647. The van der Waals surface area contributed by atoms with E-state index in [2.05, 4.69) is 41.4 Å². The Bertz CT molecular complexity index is 385. The average Bonchev–Trinajstić information content (AvgIpc) is 2.50. The lowest BCUT2D eigenvalue weighted by atomic mass is 10.0. The summed E-state index contributed by atoms with van der Waals surface area (Å²) in [6.45, 7) is 6.54. The second-order valence-corrected chi connectivity index (χ2v) is 5.39. The van der Waals surface area contributed by atoms with Gasteiger partial charge in [-0.05, 0) is 38.1 Å². The highest BCUT2D eigenvalue weighted by Gasteiger charge is 2.15. The van der Waals surface area contributed by atoms with Gasteiger partial charge in [0.2, 0.25) is 0 Å². The molecule has 0 aliphatic carbocycles. The van der Waals surface area contributed by atoms with Gasteiger partial charge in [-0.3, -0.25) is 4.90 Å². The van der Waals surface area contributed by atoms with Crippen LogP contribution in [0, 0.1) is 0 Å². The van der Waals surface area contributed by atoms with Crippen molar-refractivity contribution in [3.63, 3.8) is 0 Å². The van der Waals surface area contributed by atoms with Crippen molar-refractivity contribution in [2.24, 2.45) is 0 Å². The fourth-order valence-corrected chi connectivity index (χ4v) is 2.44. The van der Waals surface area contributed by atoms with Gasteiger partial charge in [0.1, 0.15) is 0 Å². The zero-order chi connectivity index (χ0) is 15.5. The van der Waals surface area contributed by atoms with Crippen molar-refractivity contribution >= 4 is 0 Å². The highest BCUT2D eigenvalue weighted by Crippen LogP contribution is 2.14. The molecule has 0 aliphatic heterocycles. The van der Waals surface area contributed by atoms with Crippen LogP contribution < -0.4 is 5.32 Å². The highest BCUT2D eigenvalue weighted by atomic mass is 16.5. The number of likely N-dealkylation sites (N-methyl/N-ethyl adjacent to an activating group) is 1. The van der Waals surface area contributed by atoms with Gasteiger partial charge in [-0.15, -0.1) is 0 Å². The number of methoxy groups -OCH3 is 2. The van der Waals surface area contributed by atoms with Gasteiger partial charge in [-0.1, -0.05) is 24.3 Å². The third kappa shape index (κ3) is 6.57. The molecule has 0 aromatic heterocycles. The second kappa shape index (κ2) is 10.7. The van der Waals surface area contributed by atoms with Gasteiger partial charge in [0, 0.05) is 33.4 Å². The SMILES string of the molecule is CNCCc1ccccc1CN(CCOC)C(C)COC. The number of benzene rings is 1. The zero-order valence-corrected chi connectivity index (χ0v) is 13.9. The molecule has 1 rings (SSSR count). The monoisotopic (exact) mass is 294 g/mol. The first-order valence-electron chi connectivity index (χ1n) is 7.66. The van der Waals surface area contributed by atoms with Crippen LogP contribution in [-0.4, -0.2) is 58.5 Å². The maximum Gasteiger partial charge on any atom is 0.0615 e. The molecule has 0 aliphatic rings. The van der Waals surface area contributed by atoms with Crippen LogP contribution in [0.15, 0.2) is 24.3 Å². The van der Waals surface area contributed by atoms with Crippen molar-refractivity contribution in [2.45, 2.75) is 25.9 Å². The van der Waals surface area contributed by atoms with E-state index < -0.39 is 0 Å². The predicted molar refractivity (Wildman–Crippen MR) is 87.7 cm³/mol. The molecule has 0 radical (unpaired) electrons. The largest absolute Gasteiger partial charge is 0.383 e. The van der Waals surface area contributed by atoms with E-state index >= 15 is 0 Å². The van der Waals surface area contributed by atoms with Gasteiger partial charge in [0.05, 0.1) is 13.2 Å². The van der Waals surface area contributed by atoms with E-state index in [0.717, 1.165) is 39.3 Å². The number of hydrogen-bond donors (Lipinski definition) is 1. The summed E-state index contributed by atoms with van der Waals surface area (Å²) in [6, 6.07) is 9.06. The smallest absolute Gasteiger partial charge is 0.0615 e. The van der Waals surface area contributed by atoms with Gasteiger partial charge < -0.3 is 14.8 Å². The molecule has 1 aromatic carbocycles. The molecular formula is C17H30N2O2. The van der Waals surface area contributed by atoms with Crippen molar-refractivity contribution in [1.82, 2.24) is 10.2 Å². The molecule has 21 heavy (non-hydrogen) atoms. The van der Waals surface area contributed by atoms with Crippen LogP contribution in [-0.2, 0) is 22.4 Å². The minimum absolute atomic E-state index is 0.377. The van der Waals surface area contributed by atoms with Crippen LogP contribution in [0.25, 0.3) is 0 Å². The summed E-state index contributed by atoms with van der Waals surface area (Å²) < 4.78 is 10.5. The summed E-state index contributed by atoms with van der Waals surface area (Å²) in [6.07, 6.45) is 1.06. The van der Waals surface area contributed by atoms with E-state index in [1.165, 1.54) is 11.1 Å². The van der Waals surface area contributed by atoms with Gasteiger partial charge in [0.15, 0.2) is 0 Å². The standard InChI is InChI=1S/C17H30N2O2/c1-15(14-21-4)19(11-12-20-3)13-17-8-6-5-7-16(17)9-10-18-2/h5-8,15,18H,9-14H2,1-4H3. The van der Waals surface area contributed by atoms with Crippen LogP contribution in [0.4, 0.5) is 0 Å². The number of rotatable bonds is 11. The Balaban J connectivity index is 2.76. The molecule has 0 saturated carbocycles. The van der Waals surface area contributed by atoms with Crippen molar-refractivity contribution < 1.29 is 9.47 Å². The van der Waals surface area contributed by atoms with E-state index in [9.17, 15) is 0 Å². The Kier molecular flexibility index (Phi) is 9.26. The molecule has 1 atom stereocenters. The molecule has 0 amide bonds. The van der Waals surface area contributed by atoms with E-state index in [1.54, 1.807) is 14.2 Å². The molecule has 0 saturated heterocycles. The van der Waals surface area contributed by atoms with E-state index in [4.69, 9.17) is 9.47 Å². The van der Waals surface area contributed by atoms with Crippen LogP contribution in [0.5, 0.6) is 0 Å². The Hall–Kier alpha value is -0.940. The van der Waals surface area contributed by atoms with Gasteiger partial charge in [-0.2, -0.15) is 0 Å². The first-order valence-corrected chi connectivity index (χ1v) is 7.66. The summed E-state index contributed by atoms with van der Waals surface area (Å²) in [5.74, 6) is 0. The van der Waals surface area contributed by atoms with E-state index in [-0.39, 0.29) is 0 Å². The second-order valence-electron chi connectivity index (χ2n) is 5.39. The molecule has 4 nitrogen and oxygen atoms in total. The lowest BCUT2D eigenvalue weighted by Crippen LogP contribution is -2.38. The lowest BCUT2D eigenvalue weighted by Gasteiger charge is -2.29. The third-order valence-electron chi connectivity index (χ3n) is 3.75. The quantitative estimate of drug-likeness (QED) is 0.676. The van der Waals surface area contributed by atoms with Crippen LogP contribution >= 0.6 is 0 Å². The summed E-state index contributed by atoms with van der Waals surface area (Å²) in [4.78, 5) is 2.42. The summed E-state index contributed by atoms with van der Waals surface area (Å²) in [5.41, 5.74) is 2.81. The normalized spacial score (nSPS) is 12.8. The first-order chi connectivity index (χ1) is 10.2. The fourth-order valence-electron chi connectivity index (χ4n) is 2.44. The molecule has 4 heteroatoms. The van der Waals surface area contributed by atoms with Gasteiger partial charge in [-0.25, -0.2) is 0 Å². The summed E-state index contributed by atoms with van der Waals surface area (Å²) in [7, 11) is 5.50. The Morgan fingerprint density at radius 3 is 2.48 bits per heavy atom. The Morgan fingerprint density at radius 2 is 1.86 bits per heavy atom. The lowest BCUT2D eigenvalue weighted by molar-refractivity contribution is 0.0703. The molecule has 0 bridgehead atoms. The summed E-state index contributed by atoms with van der Waals surface area (Å²) in [5, 5.41) is 3.22. The van der Waals surface area contributed by atoms with Crippen LogP contribution in [0.2, 0.25) is 0 Å². The minimum Gasteiger partial charge on any atom is -0.383 e. The van der Waals surface area contributed by atoms with E-state index in [1.807, 2.05) is 7.05 Å². The van der Waals surface area contributed by atoms with Crippen molar-refractivity contribution in [2.75, 3.05) is 47.6 Å². The Morgan fingerprint density at radius 1 is 1.14 bits per heavy atom. The van der Waals surface area contributed by atoms with Crippen molar-refractivity contribution in [3.8, 4) is 0 Å². The molecule has 0 fully saturated rings. The topological polar surface area (TPSA) is 33.7 Å². The highest BCUT2D eigenvalue weighted by molar-refractivity contribution is 5.27. The third-order valence-corrected chi connectivity index (χ3v) is 3.75. The number of hydrogen-bond acceptors (Lipinski definition) is 4. The van der Waals surface area contributed by atoms with Gasteiger partial charge >= 0.3 is 0 Å². The molecule has 120 valence electrons. The average molecular weight is 294 g/mol. The molecule has 0 heterocycles. The van der Waals surface area contributed by atoms with E-state index in [0.29, 0.717) is 6.04 Å². The molecule has 1 N–H and O–H groups in total. The minimum atomic E-state index is 0.377. The Labute approximate surface area is 129 Å². The van der Waals surface area contributed by atoms with Crippen molar-refractivity contribution in [1.29, 1.82) is 0 Å². The summed E-state index contributed by atoms with van der Waals surface area (Å²) >= 11 is 0. The zero-order valence-electron chi connectivity index (χ0n) is 13.9. The molecular weight excluding hydrogens is 264 g/mol. The molecule has 0 spiro atoms. The predicted octanol–water partition coefficient (Wildman–Crippen LogP) is 1.93. The number of nitrogens with zero attached hydrogens (tertiary/aromatic N) is 1. The maximum absolute atomic E-state index is 5.30. The van der Waals surface area contributed by atoms with Crippen LogP contribution in [0.1, 0.15) is 18.1 Å². The number of nitrogens with one attached hydrogen (secondary N) is 1. The number of ether oxygens (including phenoxy) is 2. The van der Waals surface area contributed by atoms with Crippen molar-refractivity contribution in [3.05, 3.63) is 35.4 Å². The molecule has 1 aromatic rings. The maximum atomic E-state index is 5.30. The first kappa shape index (κ1) is 18.1. The van der Waals surface area contributed by atoms with Gasteiger partial charge in [0.25, 0.3) is 0 Å².